The third-order valence-corrected chi connectivity index (χ3v) is 6.54. The van der Waals surface area contributed by atoms with Crippen molar-refractivity contribution in [3.63, 3.8) is 0 Å². The molecule has 0 bridgehead atoms. The molecule has 0 fully saturated rings. The maximum Gasteiger partial charge on any atom is 0.251 e. The number of rotatable bonds is 7. The van der Waals surface area contributed by atoms with Crippen LogP contribution in [0.4, 0.5) is 0 Å². The third-order valence-electron chi connectivity index (χ3n) is 4.17. The van der Waals surface area contributed by atoms with Crippen molar-refractivity contribution >= 4 is 31.9 Å². The minimum absolute atomic E-state index is 0.0423. The standard InChI is InChI=1S/C19H23BrN2O4S/c1-5-16(13-6-9-15(20)10-7-13)21-19(23)14-8-11-17(26-4)18(12-14)27(24,25)22(2)3/h6-12,16H,5H2,1-4H3,(H,21,23). The Labute approximate surface area is 168 Å². The largest absolute Gasteiger partial charge is 0.495 e. The first-order valence-electron chi connectivity index (χ1n) is 8.37. The Balaban J connectivity index is 2.34. The van der Waals surface area contributed by atoms with Crippen molar-refractivity contribution in [1.82, 2.24) is 9.62 Å². The summed E-state index contributed by atoms with van der Waals surface area (Å²) in [5.41, 5.74) is 1.23. The molecule has 0 aliphatic heterocycles. The van der Waals surface area contributed by atoms with Crippen molar-refractivity contribution in [1.29, 1.82) is 0 Å². The summed E-state index contributed by atoms with van der Waals surface area (Å²) < 4.78 is 32.3. The van der Waals surface area contributed by atoms with Gasteiger partial charge in [-0.25, -0.2) is 12.7 Å². The van der Waals surface area contributed by atoms with E-state index in [4.69, 9.17) is 4.74 Å². The molecule has 1 unspecified atom stereocenters. The molecule has 0 saturated heterocycles. The Morgan fingerprint density at radius 2 is 1.81 bits per heavy atom. The number of sulfonamides is 1. The van der Waals surface area contributed by atoms with Crippen LogP contribution in [-0.2, 0) is 10.0 Å². The first-order valence-corrected chi connectivity index (χ1v) is 10.6. The average Bonchev–Trinajstić information content (AvgIpc) is 2.66. The Hall–Kier alpha value is -1.90. The number of carbonyl (C=O) groups excluding carboxylic acids is 1. The van der Waals surface area contributed by atoms with Crippen LogP contribution in [0.5, 0.6) is 5.75 Å². The molecular weight excluding hydrogens is 432 g/mol. The van der Waals surface area contributed by atoms with Crippen LogP contribution >= 0.6 is 15.9 Å². The molecule has 0 aliphatic rings. The van der Waals surface area contributed by atoms with E-state index in [2.05, 4.69) is 21.2 Å². The lowest BCUT2D eigenvalue weighted by atomic mass is 10.0. The Morgan fingerprint density at radius 3 is 2.33 bits per heavy atom. The topological polar surface area (TPSA) is 75.7 Å². The normalized spacial score (nSPS) is 12.7. The van der Waals surface area contributed by atoms with Crippen molar-refractivity contribution in [2.75, 3.05) is 21.2 Å². The summed E-state index contributed by atoms with van der Waals surface area (Å²) in [6, 6.07) is 11.9. The van der Waals surface area contributed by atoms with Crippen molar-refractivity contribution in [3.05, 3.63) is 58.1 Å². The number of methoxy groups -OCH3 is 1. The van der Waals surface area contributed by atoms with Gasteiger partial charge in [-0.15, -0.1) is 0 Å². The molecule has 1 atom stereocenters. The van der Waals surface area contributed by atoms with Gasteiger partial charge in [-0.1, -0.05) is 35.0 Å². The van der Waals surface area contributed by atoms with Gasteiger partial charge in [-0.2, -0.15) is 0 Å². The number of carbonyl (C=O) groups is 1. The fourth-order valence-electron chi connectivity index (χ4n) is 2.57. The van der Waals surface area contributed by atoms with Crippen LogP contribution in [0.3, 0.4) is 0 Å². The zero-order chi connectivity index (χ0) is 20.2. The van der Waals surface area contributed by atoms with Gasteiger partial charge in [0.15, 0.2) is 0 Å². The molecular formula is C19H23BrN2O4S. The maximum absolute atomic E-state index is 12.7. The van der Waals surface area contributed by atoms with Crippen LogP contribution in [-0.4, -0.2) is 39.8 Å². The minimum Gasteiger partial charge on any atom is -0.495 e. The van der Waals surface area contributed by atoms with Gasteiger partial charge in [-0.3, -0.25) is 4.79 Å². The van der Waals surface area contributed by atoms with E-state index in [9.17, 15) is 13.2 Å². The molecule has 0 aliphatic carbocycles. The van der Waals surface area contributed by atoms with E-state index in [0.717, 1.165) is 14.3 Å². The van der Waals surface area contributed by atoms with Crippen molar-refractivity contribution in [2.45, 2.75) is 24.3 Å². The Kier molecular flexibility index (Phi) is 7.02. The lowest BCUT2D eigenvalue weighted by molar-refractivity contribution is 0.0935. The van der Waals surface area contributed by atoms with Gasteiger partial charge in [0.2, 0.25) is 10.0 Å². The molecule has 6 nitrogen and oxygen atoms in total. The molecule has 0 radical (unpaired) electrons. The summed E-state index contributed by atoms with van der Waals surface area (Å²) in [7, 11) is 0.515. The molecule has 1 amide bonds. The third kappa shape index (κ3) is 4.88. The summed E-state index contributed by atoms with van der Waals surface area (Å²) >= 11 is 3.40. The fraction of sp³-hybridized carbons (Fsp3) is 0.316. The molecule has 2 aromatic rings. The van der Waals surface area contributed by atoms with Gasteiger partial charge in [0, 0.05) is 24.1 Å². The molecule has 0 saturated carbocycles. The summed E-state index contributed by atoms with van der Waals surface area (Å²) in [5, 5.41) is 2.96. The van der Waals surface area contributed by atoms with E-state index in [1.807, 2.05) is 31.2 Å². The average molecular weight is 455 g/mol. The number of ether oxygens (including phenoxy) is 1. The highest BCUT2D eigenvalue weighted by Crippen LogP contribution is 2.27. The second-order valence-electron chi connectivity index (χ2n) is 6.14. The summed E-state index contributed by atoms with van der Waals surface area (Å²) in [5.74, 6) is -0.150. The SMILES string of the molecule is CCC(NC(=O)c1ccc(OC)c(S(=O)(=O)N(C)C)c1)c1ccc(Br)cc1. The van der Waals surface area contributed by atoms with Crippen molar-refractivity contribution in [3.8, 4) is 5.75 Å². The van der Waals surface area contributed by atoms with Gasteiger partial charge in [0.25, 0.3) is 5.91 Å². The number of hydrogen-bond acceptors (Lipinski definition) is 4. The number of halogens is 1. The van der Waals surface area contributed by atoms with E-state index in [-0.39, 0.29) is 28.2 Å². The van der Waals surface area contributed by atoms with Crippen LogP contribution in [0.15, 0.2) is 51.8 Å². The highest BCUT2D eigenvalue weighted by Gasteiger charge is 2.24. The number of amides is 1. The number of nitrogens with zero attached hydrogens (tertiary/aromatic N) is 1. The predicted octanol–water partition coefficient (Wildman–Crippen LogP) is 3.59. The Bertz CT molecular complexity index is 912. The number of hydrogen-bond donors (Lipinski definition) is 1. The van der Waals surface area contributed by atoms with Crippen LogP contribution < -0.4 is 10.1 Å². The quantitative estimate of drug-likeness (QED) is 0.693. The van der Waals surface area contributed by atoms with Crippen molar-refractivity contribution < 1.29 is 17.9 Å². The molecule has 0 aromatic heterocycles. The van der Waals surface area contributed by atoms with Crippen LogP contribution in [0.2, 0.25) is 0 Å². The lowest BCUT2D eigenvalue weighted by Gasteiger charge is -2.19. The zero-order valence-corrected chi connectivity index (χ0v) is 18.1. The van der Waals surface area contributed by atoms with Gasteiger partial charge < -0.3 is 10.1 Å². The molecule has 2 rings (SSSR count). The summed E-state index contributed by atoms with van der Waals surface area (Å²) in [6.45, 7) is 1.98. The summed E-state index contributed by atoms with van der Waals surface area (Å²) in [4.78, 5) is 12.7. The second kappa shape index (κ2) is 8.86. The van der Waals surface area contributed by atoms with E-state index in [1.165, 1.54) is 33.3 Å². The van der Waals surface area contributed by atoms with Crippen LogP contribution in [0, 0.1) is 0 Å². The van der Waals surface area contributed by atoms with Gasteiger partial charge in [0.05, 0.1) is 13.2 Å². The molecule has 2 aromatic carbocycles. The van der Waals surface area contributed by atoms with Crippen LogP contribution in [0.1, 0.15) is 35.3 Å². The fourth-order valence-corrected chi connectivity index (χ4v) is 3.91. The molecule has 146 valence electrons. The van der Waals surface area contributed by atoms with E-state index >= 15 is 0 Å². The van der Waals surface area contributed by atoms with Crippen molar-refractivity contribution in [2.24, 2.45) is 0 Å². The second-order valence-corrected chi connectivity index (χ2v) is 9.17. The monoisotopic (exact) mass is 454 g/mol. The number of benzene rings is 2. The first-order chi connectivity index (χ1) is 12.7. The van der Waals surface area contributed by atoms with Gasteiger partial charge >= 0.3 is 0 Å². The zero-order valence-electron chi connectivity index (χ0n) is 15.7. The Morgan fingerprint density at radius 1 is 1.19 bits per heavy atom. The first kappa shape index (κ1) is 21.4. The minimum atomic E-state index is -3.74. The summed E-state index contributed by atoms with van der Waals surface area (Å²) in [6.07, 6.45) is 0.701. The highest BCUT2D eigenvalue weighted by atomic mass is 79.9. The number of nitrogens with one attached hydrogen (secondary N) is 1. The van der Waals surface area contributed by atoms with Crippen LogP contribution in [0.25, 0.3) is 0 Å². The lowest BCUT2D eigenvalue weighted by Crippen LogP contribution is -2.29. The van der Waals surface area contributed by atoms with E-state index < -0.39 is 10.0 Å². The predicted molar refractivity (Wildman–Crippen MR) is 109 cm³/mol. The highest BCUT2D eigenvalue weighted by molar-refractivity contribution is 9.10. The van der Waals surface area contributed by atoms with E-state index in [1.54, 1.807) is 6.07 Å². The molecule has 8 heteroatoms. The smallest absolute Gasteiger partial charge is 0.251 e. The molecule has 0 spiro atoms. The van der Waals surface area contributed by atoms with Gasteiger partial charge in [0.1, 0.15) is 10.6 Å². The maximum atomic E-state index is 12.7. The molecule has 1 N–H and O–H groups in total. The molecule has 0 heterocycles. The van der Waals surface area contributed by atoms with E-state index in [0.29, 0.717) is 6.42 Å². The molecule has 27 heavy (non-hydrogen) atoms. The van der Waals surface area contributed by atoms with Gasteiger partial charge in [-0.05, 0) is 42.3 Å².